The molecule has 3 aromatic rings. The van der Waals surface area contributed by atoms with E-state index in [1.807, 2.05) is 24.3 Å². The molecule has 3 aromatic carbocycles. The first-order valence-electron chi connectivity index (χ1n) is 6.17. The second kappa shape index (κ2) is 4.32. The standard InChI is InChI=1S/C17H14O2/c1-11-4-2-6-14-13(11)5-3-7-15(14)16-10-12(18)8-9-17(16)19/h2-10,18-19H,1H3. The van der Waals surface area contributed by atoms with Crippen LogP contribution < -0.4 is 0 Å². The van der Waals surface area contributed by atoms with E-state index >= 15 is 0 Å². The summed E-state index contributed by atoms with van der Waals surface area (Å²) in [4.78, 5) is 0. The van der Waals surface area contributed by atoms with Crippen molar-refractivity contribution >= 4 is 10.8 Å². The maximum atomic E-state index is 10.0. The Hall–Kier alpha value is -2.48. The van der Waals surface area contributed by atoms with Gasteiger partial charge in [-0.2, -0.15) is 0 Å². The molecule has 2 heteroatoms. The molecule has 0 radical (unpaired) electrons. The first kappa shape index (κ1) is 11.6. The molecule has 0 unspecified atom stereocenters. The van der Waals surface area contributed by atoms with Gasteiger partial charge in [0.05, 0.1) is 0 Å². The van der Waals surface area contributed by atoms with E-state index in [9.17, 15) is 10.2 Å². The van der Waals surface area contributed by atoms with Gasteiger partial charge in [0.15, 0.2) is 0 Å². The normalized spacial score (nSPS) is 10.8. The van der Waals surface area contributed by atoms with Gasteiger partial charge in [-0.15, -0.1) is 0 Å². The van der Waals surface area contributed by atoms with Crippen LogP contribution in [0.3, 0.4) is 0 Å². The lowest BCUT2D eigenvalue weighted by Crippen LogP contribution is -1.84. The molecule has 0 fully saturated rings. The summed E-state index contributed by atoms with van der Waals surface area (Å²) in [7, 11) is 0. The zero-order valence-electron chi connectivity index (χ0n) is 10.6. The number of fused-ring (bicyclic) bond motifs is 1. The quantitative estimate of drug-likeness (QED) is 0.634. The molecule has 0 saturated heterocycles. The van der Waals surface area contributed by atoms with Gasteiger partial charge in [0.1, 0.15) is 11.5 Å². The van der Waals surface area contributed by atoms with Crippen molar-refractivity contribution in [2.45, 2.75) is 6.92 Å². The molecule has 0 aliphatic carbocycles. The number of benzene rings is 3. The molecule has 0 aromatic heterocycles. The van der Waals surface area contributed by atoms with E-state index in [1.54, 1.807) is 6.07 Å². The second-order valence-electron chi connectivity index (χ2n) is 4.68. The topological polar surface area (TPSA) is 40.5 Å². The summed E-state index contributed by atoms with van der Waals surface area (Å²) >= 11 is 0. The van der Waals surface area contributed by atoms with Gasteiger partial charge < -0.3 is 10.2 Å². The molecule has 0 atom stereocenters. The van der Waals surface area contributed by atoms with Gasteiger partial charge in [0.25, 0.3) is 0 Å². The summed E-state index contributed by atoms with van der Waals surface area (Å²) in [5.74, 6) is 0.323. The number of hydrogen-bond acceptors (Lipinski definition) is 2. The molecule has 0 spiro atoms. The van der Waals surface area contributed by atoms with Crippen LogP contribution in [0.15, 0.2) is 54.6 Å². The van der Waals surface area contributed by atoms with Crippen LogP contribution in [0.4, 0.5) is 0 Å². The van der Waals surface area contributed by atoms with Gasteiger partial charge >= 0.3 is 0 Å². The van der Waals surface area contributed by atoms with Gasteiger partial charge in [0.2, 0.25) is 0 Å². The Balaban J connectivity index is 2.37. The Labute approximate surface area is 111 Å². The molecule has 3 rings (SSSR count). The first-order chi connectivity index (χ1) is 9.16. The summed E-state index contributed by atoms with van der Waals surface area (Å²) in [6.07, 6.45) is 0. The average Bonchev–Trinajstić information content (AvgIpc) is 2.42. The molecule has 0 aliphatic rings. The van der Waals surface area contributed by atoms with Crippen LogP contribution in [0, 0.1) is 6.92 Å². The molecule has 2 nitrogen and oxygen atoms in total. The third-order valence-electron chi connectivity index (χ3n) is 3.41. The van der Waals surface area contributed by atoms with Crippen molar-refractivity contribution in [3.8, 4) is 22.6 Å². The summed E-state index contributed by atoms with van der Waals surface area (Å²) in [5.41, 5.74) is 2.77. The lowest BCUT2D eigenvalue weighted by molar-refractivity contribution is 0.462. The van der Waals surface area contributed by atoms with E-state index in [2.05, 4.69) is 19.1 Å². The Morgan fingerprint density at radius 1 is 0.737 bits per heavy atom. The molecule has 2 N–H and O–H groups in total. The van der Waals surface area contributed by atoms with E-state index in [1.165, 1.54) is 17.7 Å². The highest BCUT2D eigenvalue weighted by atomic mass is 16.3. The fraction of sp³-hybridized carbons (Fsp3) is 0.0588. The van der Waals surface area contributed by atoms with E-state index < -0.39 is 0 Å². The Bertz CT molecular complexity index is 760. The SMILES string of the molecule is Cc1cccc2c(-c3cc(O)ccc3O)cccc12. The van der Waals surface area contributed by atoms with Crippen molar-refractivity contribution in [2.75, 3.05) is 0 Å². The van der Waals surface area contributed by atoms with Crippen LogP contribution in [-0.4, -0.2) is 10.2 Å². The summed E-state index contributed by atoms with van der Waals surface area (Å²) in [6, 6.07) is 16.7. The van der Waals surface area contributed by atoms with E-state index in [-0.39, 0.29) is 11.5 Å². The van der Waals surface area contributed by atoms with Gasteiger partial charge in [-0.1, -0.05) is 36.4 Å². The lowest BCUT2D eigenvalue weighted by atomic mass is 9.95. The van der Waals surface area contributed by atoms with Crippen LogP contribution in [0.25, 0.3) is 21.9 Å². The van der Waals surface area contributed by atoms with Crippen molar-refractivity contribution < 1.29 is 10.2 Å². The number of hydrogen-bond donors (Lipinski definition) is 2. The van der Waals surface area contributed by atoms with E-state index in [0.29, 0.717) is 5.56 Å². The predicted octanol–water partition coefficient (Wildman–Crippen LogP) is 4.23. The molecule has 94 valence electrons. The first-order valence-corrected chi connectivity index (χ1v) is 6.17. The fourth-order valence-corrected chi connectivity index (χ4v) is 2.44. The van der Waals surface area contributed by atoms with Crippen molar-refractivity contribution in [1.82, 2.24) is 0 Å². The second-order valence-corrected chi connectivity index (χ2v) is 4.68. The molecule has 0 saturated carbocycles. The van der Waals surface area contributed by atoms with Crippen LogP contribution in [0.1, 0.15) is 5.56 Å². The van der Waals surface area contributed by atoms with Crippen LogP contribution in [-0.2, 0) is 0 Å². The number of rotatable bonds is 1. The van der Waals surface area contributed by atoms with Gasteiger partial charge in [-0.05, 0) is 47.0 Å². The number of aryl methyl sites for hydroxylation is 1. The summed E-state index contributed by atoms with van der Waals surface area (Å²) in [6.45, 7) is 2.06. The van der Waals surface area contributed by atoms with E-state index in [4.69, 9.17) is 0 Å². The third kappa shape index (κ3) is 1.91. The highest BCUT2D eigenvalue weighted by Crippen LogP contribution is 2.37. The molecule has 0 bridgehead atoms. The fourth-order valence-electron chi connectivity index (χ4n) is 2.44. The molecule has 0 aliphatic heterocycles. The monoisotopic (exact) mass is 250 g/mol. The van der Waals surface area contributed by atoms with Crippen molar-refractivity contribution in [3.63, 3.8) is 0 Å². The smallest absolute Gasteiger partial charge is 0.123 e. The molecular weight excluding hydrogens is 236 g/mol. The van der Waals surface area contributed by atoms with Crippen LogP contribution in [0.2, 0.25) is 0 Å². The summed E-state index contributed by atoms with van der Waals surface area (Å²) < 4.78 is 0. The predicted molar refractivity (Wildman–Crippen MR) is 77.5 cm³/mol. The maximum Gasteiger partial charge on any atom is 0.123 e. The van der Waals surface area contributed by atoms with Crippen LogP contribution in [0.5, 0.6) is 11.5 Å². The summed E-state index contributed by atoms with van der Waals surface area (Å²) in [5, 5.41) is 21.8. The highest BCUT2D eigenvalue weighted by molar-refractivity contribution is 5.99. The van der Waals surface area contributed by atoms with Crippen molar-refractivity contribution in [2.24, 2.45) is 0 Å². The van der Waals surface area contributed by atoms with Gasteiger partial charge in [0, 0.05) is 5.56 Å². The Morgan fingerprint density at radius 2 is 1.47 bits per heavy atom. The minimum Gasteiger partial charge on any atom is -0.508 e. The Kier molecular flexibility index (Phi) is 2.64. The van der Waals surface area contributed by atoms with Crippen molar-refractivity contribution in [3.05, 3.63) is 60.2 Å². The van der Waals surface area contributed by atoms with Gasteiger partial charge in [-0.3, -0.25) is 0 Å². The molecular formula is C17H14O2. The Morgan fingerprint density at radius 3 is 2.32 bits per heavy atom. The average molecular weight is 250 g/mol. The maximum absolute atomic E-state index is 10.0. The third-order valence-corrected chi connectivity index (χ3v) is 3.41. The minimum absolute atomic E-state index is 0.150. The zero-order valence-corrected chi connectivity index (χ0v) is 10.6. The van der Waals surface area contributed by atoms with Crippen molar-refractivity contribution in [1.29, 1.82) is 0 Å². The number of phenols is 2. The zero-order chi connectivity index (χ0) is 13.4. The number of phenolic OH excluding ortho intramolecular Hbond substituents is 2. The highest BCUT2D eigenvalue weighted by Gasteiger charge is 2.09. The molecule has 19 heavy (non-hydrogen) atoms. The van der Waals surface area contributed by atoms with Crippen LogP contribution >= 0.6 is 0 Å². The van der Waals surface area contributed by atoms with E-state index in [0.717, 1.165) is 16.3 Å². The largest absolute Gasteiger partial charge is 0.508 e. The number of aromatic hydroxyl groups is 2. The molecule has 0 heterocycles. The lowest BCUT2D eigenvalue weighted by Gasteiger charge is -2.10. The van der Waals surface area contributed by atoms with Gasteiger partial charge in [-0.25, -0.2) is 0 Å². The molecule has 0 amide bonds. The minimum atomic E-state index is 0.150.